The summed E-state index contributed by atoms with van der Waals surface area (Å²) >= 11 is 2.20. The summed E-state index contributed by atoms with van der Waals surface area (Å²) in [4.78, 5) is 2.24. The lowest BCUT2D eigenvalue weighted by molar-refractivity contribution is 0.0193. The smallest absolute Gasteiger partial charge is 0.0756 e. The summed E-state index contributed by atoms with van der Waals surface area (Å²) in [6.07, 6.45) is -0.173. The first kappa shape index (κ1) is 9.70. The first-order valence-corrected chi connectivity index (χ1v) is 5.39. The van der Waals surface area contributed by atoms with Crippen molar-refractivity contribution in [3.05, 3.63) is 0 Å². The molecule has 0 aromatic rings. The minimum atomic E-state index is -0.173. The zero-order valence-corrected chi connectivity index (χ0v) is 8.66. The number of alkyl halides is 1. The van der Waals surface area contributed by atoms with Crippen LogP contribution in [0.1, 0.15) is 0 Å². The van der Waals surface area contributed by atoms with Crippen molar-refractivity contribution in [2.45, 2.75) is 6.10 Å². The second-order valence-electron chi connectivity index (χ2n) is 2.72. The number of β-amino-alcohol motifs (C(OH)–C–C–N with tert-alkyl or cyclic N) is 1. The molecule has 1 aliphatic heterocycles. The van der Waals surface area contributed by atoms with Gasteiger partial charge in [0.05, 0.1) is 19.3 Å². The van der Waals surface area contributed by atoms with Crippen LogP contribution in [0.3, 0.4) is 0 Å². The van der Waals surface area contributed by atoms with E-state index in [1.54, 1.807) is 0 Å². The van der Waals surface area contributed by atoms with E-state index < -0.39 is 0 Å². The van der Waals surface area contributed by atoms with Crippen LogP contribution in [-0.4, -0.2) is 53.4 Å². The second kappa shape index (κ2) is 5.29. The van der Waals surface area contributed by atoms with Crippen LogP contribution in [0.15, 0.2) is 0 Å². The van der Waals surface area contributed by atoms with Crippen molar-refractivity contribution in [1.29, 1.82) is 0 Å². The van der Waals surface area contributed by atoms with Crippen molar-refractivity contribution in [2.75, 3.05) is 37.3 Å². The van der Waals surface area contributed by atoms with Gasteiger partial charge in [0.25, 0.3) is 0 Å². The topological polar surface area (TPSA) is 32.7 Å². The van der Waals surface area contributed by atoms with E-state index in [-0.39, 0.29) is 6.10 Å². The standard InChI is InChI=1S/C7H14INO2/c8-5-7(10)6-9-1-3-11-4-2-9/h7,10H,1-6H2. The second-order valence-corrected chi connectivity index (χ2v) is 3.60. The van der Waals surface area contributed by atoms with Crippen molar-refractivity contribution in [3.63, 3.8) is 0 Å². The number of ether oxygens (including phenoxy) is 1. The van der Waals surface area contributed by atoms with Gasteiger partial charge < -0.3 is 9.84 Å². The predicted molar refractivity (Wildman–Crippen MR) is 52.2 cm³/mol. The van der Waals surface area contributed by atoms with Gasteiger partial charge in [-0.2, -0.15) is 0 Å². The number of rotatable bonds is 3. The molecule has 0 spiro atoms. The first-order valence-electron chi connectivity index (χ1n) is 3.87. The Morgan fingerprint density at radius 2 is 2.09 bits per heavy atom. The molecule has 0 bridgehead atoms. The van der Waals surface area contributed by atoms with E-state index in [9.17, 15) is 5.11 Å². The summed E-state index contributed by atoms with van der Waals surface area (Å²) in [6.45, 7) is 4.36. The highest BCUT2D eigenvalue weighted by Crippen LogP contribution is 2.00. The number of aliphatic hydroxyl groups excluding tert-OH is 1. The van der Waals surface area contributed by atoms with Gasteiger partial charge in [-0.15, -0.1) is 0 Å². The fourth-order valence-corrected chi connectivity index (χ4v) is 1.41. The van der Waals surface area contributed by atoms with E-state index in [2.05, 4.69) is 27.5 Å². The average molecular weight is 271 g/mol. The predicted octanol–water partition coefficient (Wildman–Crippen LogP) is 0.115. The van der Waals surface area contributed by atoms with Crippen LogP contribution >= 0.6 is 22.6 Å². The van der Waals surface area contributed by atoms with E-state index >= 15 is 0 Å². The van der Waals surface area contributed by atoms with Crippen molar-refractivity contribution in [1.82, 2.24) is 4.90 Å². The van der Waals surface area contributed by atoms with Gasteiger partial charge in [0.15, 0.2) is 0 Å². The molecular weight excluding hydrogens is 257 g/mol. The van der Waals surface area contributed by atoms with E-state index in [1.165, 1.54) is 0 Å². The Bertz CT molecular complexity index is 107. The van der Waals surface area contributed by atoms with Gasteiger partial charge in [-0.25, -0.2) is 0 Å². The van der Waals surface area contributed by atoms with Gasteiger partial charge in [-0.1, -0.05) is 22.6 Å². The van der Waals surface area contributed by atoms with Gasteiger partial charge in [0.1, 0.15) is 0 Å². The highest BCUT2D eigenvalue weighted by molar-refractivity contribution is 14.1. The molecule has 0 aliphatic carbocycles. The molecule has 1 unspecified atom stereocenters. The molecular formula is C7H14INO2. The third-order valence-electron chi connectivity index (χ3n) is 1.75. The van der Waals surface area contributed by atoms with Gasteiger partial charge in [-0.3, -0.25) is 4.90 Å². The van der Waals surface area contributed by atoms with Crippen molar-refractivity contribution in [2.24, 2.45) is 0 Å². The van der Waals surface area contributed by atoms with E-state index in [0.717, 1.165) is 37.3 Å². The maximum atomic E-state index is 9.32. The van der Waals surface area contributed by atoms with Crippen molar-refractivity contribution >= 4 is 22.6 Å². The Hall–Kier alpha value is 0.610. The number of halogens is 1. The van der Waals surface area contributed by atoms with Gasteiger partial charge in [-0.05, 0) is 0 Å². The lowest BCUT2D eigenvalue weighted by Crippen LogP contribution is -2.41. The Morgan fingerprint density at radius 3 is 2.64 bits per heavy atom. The van der Waals surface area contributed by atoms with E-state index in [4.69, 9.17) is 4.74 Å². The van der Waals surface area contributed by atoms with Crippen LogP contribution < -0.4 is 0 Å². The van der Waals surface area contributed by atoms with Crippen LogP contribution in [0, 0.1) is 0 Å². The summed E-state index contributed by atoms with van der Waals surface area (Å²) in [5.74, 6) is 0. The summed E-state index contributed by atoms with van der Waals surface area (Å²) in [6, 6.07) is 0. The lowest BCUT2D eigenvalue weighted by atomic mass is 10.3. The van der Waals surface area contributed by atoms with Crippen molar-refractivity contribution < 1.29 is 9.84 Å². The molecule has 1 atom stereocenters. The molecule has 1 N–H and O–H groups in total. The normalized spacial score (nSPS) is 23.5. The molecule has 0 radical (unpaired) electrons. The lowest BCUT2D eigenvalue weighted by Gasteiger charge is -2.27. The van der Waals surface area contributed by atoms with Crippen LogP contribution in [-0.2, 0) is 4.74 Å². The minimum Gasteiger partial charge on any atom is -0.391 e. The number of hydrogen-bond acceptors (Lipinski definition) is 3. The molecule has 11 heavy (non-hydrogen) atoms. The Kier molecular flexibility index (Phi) is 4.66. The molecule has 4 heteroatoms. The third-order valence-corrected chi connectivity index (χ3v) is 2.77. The average Bonchev–Trinajstić information content (AvgIpc) is 2.06. The van der Waals surface area contributed by atoms with E-state index in [0.29, 0.717) is 0 Å². The van der Waals surface area contributed by atoms with Gasteiger partial charge in [0.2, 0.25) is 0 Å². The Morgan fingerprint density at radius 1 is 1.45 bits per heavy atom. The molecule has 1 fully saturated rings. The summed E-state index contributed by atoms with van der Waals surface area (Å²) in [5.41, 5.74) is 0. The summed E-state index contributed by atoms with van der Waals surface area (Å²) in [5, 5.41) is 9.32. The third kappa shape index (κ3) is 3.68. The SMILES string of the molecule is OC(CI)CN1CCOCC1. The molecule has 0 aromatic heterocycles. The number of hydrogen-bond donors (Lipinski definition) is 1. The van der Waals surface area contributed by atoms with E-state index in [1.807, 2.05) is 0 Å². The summed E-state index contributed by atoms with van der Waals surface area (Å²) < 4.78 is 6.00. The number of nitrogens with zero attached hydrogens (tertiary/aromatic N) is 1. The fraction of sp³-hybridized carbons (Fsp3) is 1.00. The molecule has 1 aliphatic rings. The highest BCUT2D eigenvalue weighted by atomic mass is 127. The molecule has 0 saturated carbocycles. The van der Waals surface area contributed by atoms with Gasteiger partial charge >= 0.3 is 0 Å². The maximum Gasteiger partial charge on any atom is 0.0756 e. The minimum absolute atomic E-state index is 0.173. The molecule has 1 saturated heterocycles. The maximum absolute atomic E-state index is 9.32. The molecule has 66 valence electrons. The first-order chi connectivity index (χ1) is 5.33. The van der Waals surface area contributed by atoms with Crippen LogP contribution in [0.5, 0.6) is 0 Å². The van der Waals surface area contributed by atoms with Gasteiger partial charge in [0, 0.05) is 24.1 Å². The monoisotopic (exact) mass is 271 g/mol. The highest BCUT2D eigenvalue weighted by Gasteiger charge is 2.13. The van der Waals surface area contributed by atoms with Crippen molar-refractivity contribution in [3.8, 4) is 0 Å². The van der Waals surface area contributed by atoms with Crippen LogP contribution in [0.4, 0.5) is 0 Å². The fourth-order valence-electron chi connectivity index (χ4n) is 1.13. The Balaban J connectivity index is 2.13. The zero-order valence-electron chi connectivity index (χ0n) is 6.50. The molecule has 1 rings (SSSR count). The van der Waals surface area contributed by atoms with Crippen LogP contribution in [0.2, 0.25) is 0 Å². The molecule has 3 nitrogen and oxygen atoms in total. The quantitative estimate of drug-likeness (QED) is 0.584. The molecule has 1 heterocycles. The zero-order chi connectivity index (χ0) is 8.10. The Labute approximate surface area is 80.9 Å². The molecule has 0 amide bonds. The van der Waals surface area contributed by atoms with Crippen LogP contribution in [0.25, 0.3) is 0 Å². The summed E-state index contributed by atoms with van der Waals surface area (Å²) in [7, 11) is 0. The number of morpholine rings is 1. The molecule has 0 aromatic carbocycles. The largest absolute Gasteiger partial charge is 0.391 e. The number of aliphatic hydroxyl groups is 1.